The van der Waals surface area contributed by atoms with Gasteiger partial charge in [-0.3, -0.25) is 0 Å². The van der Waals surface area contributed by atoms with E-state index in [4.69, 9.17) is 4.74 Å². The lowest BCUT2D eigenvalue weighted by atomic mass is 9.85. The van der Waals surface area contributed by atoms with E-state index in [-0.39, 0.29) is 11.7 Å². The molecule has 124 valence electrons. The highest BCUT2D eigenvalue weighted by molar-refractivity contribution is 5.69. The molecule has 4 rings (SSSR count). The molecule has 0 bridgehead atoms. The average Bonchev–Trinajstić information content (AvgIpc) is 3.23. The number of carbonyl (C=O) groups excluding carboxylic acids is 1. The van der Waals surface area contributed by atoms with Crippen LogP contribution in [0.15, 0.2) is 30.3 Å². The van der Waals surface area contributed by atoms with Crippen molar-refractivity contribution < 1.29 is 9.53 Å². The van der Waals surface area contributed by atoms with Crippen molar-refractivity contribution in [2.24, 2.45) is 5.92 Å². The van der Waals surface area contributed by atoms with Gasteiger partial charge in [-0.25, -0.2) is 4.79 Å². The molecule has 0 spiro atoms. The van der Waals surface area contributed by atoms with Crippen LogP contribution in [0.4, 0.5) is 4.79 Å². The van der Waals surface area contributed by atoms with Crippen LogP contribution in [-0.2, 0) is 10.3 Å². The van der Waals surface area contributed by atoms with E-state index in [9.17, 15) is 4.79 Å². The maximum atomic E-state index is 12.9. The third kappa shape index (κ3) is 2.75. The quantitative estimate of drug-likeness (QED) is 0.780. The number of amides is 1. The van der Waals surface area contributed by atoms with Crippen molar-refractivity contribution >= 4 is 6.09 Å². The average molecular weight is 313 g/mol. The molecule has 2 atom stereocenters. The number of carbonyl (C=O) groups is 1. The highest BCUT2D eigenvalue weighted by atomic mass is 16.6. The fourth-order valence-electron chi connectivity index (χ4n) is 5.00. The van der Waals surface area contributed by atoms with Crippen LogP contribution in [-0.4, -0.2) is 23.6 Å². The minimum absolute atomic E-state index is 0.0647. The van der Waals surface area contributed by atoms with Gasteiger partial charge in [0.15, 0.2) is 0 Å². The number of hydrogen-bond donors (Lipinski definition) is 0. The van der Waals surface area contributed by atoms with Gasteiger partial charge in [-0.05, 0) is 56.4 Å². The van der Waals surface area contributed by atoms with Crippen LogP contribution in [0, 0.1) is 5.92 Å². The maximum absolute atomic E-state index is 12.9. The first kappa shape index (κ1) is 15.0. The Hall–Kier alpha value is -1.51. The van der Waals surface area contributed by atoms with Gasteiger partial charge in [0.05, 0.1) is 0 Å². The molecular weight excluding hydrogens is 286 g/mol. The molecule has 1 aromatic rings. The number of rotatable bonds is 2. The van der Waals surface area contributed by atoms with Crippen LogP contribution in [0.3, 0.4) is 0 Å². The molecule has 1 heterocycles. The number of ether oxygens (including phenoxy) is 1. The second kappa shape index (κ2) is 6.18. The van der Waals surface area contributed by atoms with Crippen molar-refractivity contribution in [3.8, 4) is 0 Å². The molecule has 1 aliphatic heterocycles. The molecule has 2 saturated carbocycles. The topological polar surface area (TPSA) is 29.5 Å². The number of nitrogens with zero attached hydrogens (tertiary/aromatic N) is 1. The summed E-state index contributed by atoms with van der Waals surface area (Å²) in [6, 6.07) is 10.8. The zero-order valence-corrected chi connectivity index (χ0v) is 13.9. The zero-order chi connectivity index (χ0) is 15.7. The molecule has 1 saturated heterocycles. The molecule has 2 unspecified atom stereocenters. The van der Waals surface area contributed by atoms with Crippen LogP contribution in [0.1, 0.15) is 63.4 Å². The molecule has 0 N–H and O–H groups in total. The van der Waals surface area contributed by atoms with E-state index in [1.165, 1.54) is 24.8 Å². The van der Waals surface area contributed by atoms with Crippen LogP contribution < -0.4 is 0 Å². The number of fused-ring (bicyclic) bond motifs is 1. The second-order valence-corrected chi connectivity index (χ2v) is 7.53. The SMILES string of the molecule is O=C(OC1(c2ccccc2)CCCC1)N1CCC2CCCCC21. The van der Waals surface area contributed by atoms with Crippen LogP contribution in [0.2, 0.25) is 0 Å². The summed E-state index contributed by atoms with van der Waals surface area (Å²) in [5.74, 6) is 0.715. The molecule has 3 aliphatic rings. The maximum Gasteiger partial charge on any atom is 0.410 e. The Morgan fingerprint density at radius 2 is 1.74 bits per heavy atom. The zero-order valence-electron chi connectivity index (χ0n) is 13.9. The lowest BCUT2D eigenvalue weighted by Crippen LogP contribution is -2.43. The largest absolute Gasteiger partial charge is 0.438 e. The molecule has 23 heavy (non-hydrogen) atoms. The van der Waals surface area contributed by atoms with Gasteiger partial charge in [-0.2, -0.15) is 0 Å². The Labute approximate surface area is 139 Å². The molecule has 0 aromatic heterocycles. The molecule has 2 aliphatic carbocycles. The Morgan fingerprint density at radius 3 is 2.52 bits per heavy atom. The van der Waals surface area contributed by atoms with E-state index in [2.05, 4.69) is 24.3 Å². The lowest BCUT2D eigenvalue weighted by Gasteiger charge is -2.35. The number of likely N-dealkylation sites (tertiary alicyclic amines) is 1. The molecular formula is C20H27NO2. The van der Waals surface area contributed by atoms with Crippen molar-refractivity contribution in [1.82, 2.24) is 4.90 Å². The van der Waals surface area contributed by atoms with Gasteiger partial charge >= 0.3 is 6.09 Å². The summed E-state index contributed by atoms with van der Waals surface area (Å²) in [4.78, 5) is 15.0. The van der Waals surface area contributed by atoms with Crippen molar-refractivity contribution in [3.63, 3.8) is 0 Å². The monoisotopic (exact) mass is 313 g/mol. The predicted molar refractivity (Wildman–Crippen MR) is 90.1 cm³/mol. The van der Waals surface area contributed by atoms with Crippen LogP contribution in [0.25, 0.3) is 0 Å². The lowest BCUT2D eigenvalue weighted by molar-refractivity contribution is -0.0143. The van der Waals surface area contributed by atoms with Gasteiger partial charge in [0.25, 0.3) is 0 Å². The standard InChI is InChI=1S/C20H27NO2/c22-19(21-15-12-16-8-4-5-11-18(16)21)23-20(13-6-7-14-20)17-9-2-1-3-10-17/h1-3,9-10,16,18H,4-8,11-15H2. The number of benzene rings is 1. The normalized spacial score (nSPS) is 29.3. The highest BCUT2D eigenvalue weighted by Gasteiger charge is 2.44. The first-order valence-corrected chi connectivity index (χ1v) is 9.34. The van der Waals surface area contributed by atoms with E-state index in [1.807, 2.05) is 11.0 Å². The predicted octanol–water partition coefficient (Wildman–Crippen LogP) is 4.86. The summed E-state index contributed by atoms with van der Waals surface area (Å²) in [6.45, 7) is 0.888. The van der Waals surface area contributed by atoms with Crippen LogP contribution >= 0.6 is 0 Å². The minimum Gasteiger partial charge on any atom is -0.438 e. The van der Waals surface area contributed by atoms with Gasteiger partial charge < -0.3 is 9.64 Å². The smallest absolute Gasteiger partial charge is 0.410 e. The summed E-state index contributed by atoms with van der Waals surface area (Å²) >= 11 is 0. The van der Waals surface area contributed by atoms with E-state index in [0.717, 1.165) is 45.1 Å². The van der Waals surface area contributed by atoms with Crippen molar-refractivity contribution in [1.29, 1.82) is 0 Å². The summed E-state index contributed by atoms with van der Waals surface area (Å²) in [6.07, 6.45) is 10.4. The van der Waals surface area contributed by atoms with Crippen molar-refractivity contribution in [3.05, 3.63) is 35.9 Å². The van der Waals surface area contributed by atoms with Gasteiger partial charge in [0.2, 0.25) is 0 Å². The molecule has 3 heteroatoms. The number of hydrogen-bond acceptors (Lipinski definition) is 2. The molecule has 1 amide bonds. The third-order valence-electron chi connectivity index (χ3n) is 6.24. The molecule has 0 radical (unpaired) electrons. The van der Waals surface area contributed by atoms with E-state index >= 15 is 0 Å². The Balaban J connectivity index is 1.52. The summed E-state index contributed by atoms with van der Waals surface area (Å²) < 4.78 is 6.20. The van der Waals surface area contributed by atoms with E-state index < -0.39 is 0 Å². The Kier molecular flexibility index (Phi) is 4.04. The van der Waals surface area contributed by atoms with Gasteiger partial charge in [-0.15, -0.1) is 0 Å². The van der Waals surface area contributed by atoms with Gasteiger partial charge in [-0.1, -0.05) is 43.2 Å². The van der Waals surface area contributed by atoms with Crippen molar-refractivity contribution in [2.45, 2.75) is 69.4 Å². The summed E-state index contributed by atoms with van der Waals surface area (Å²) in [5.41, 5.74) is 0.788. The molecule has 3 fully saturated rings. The first-order chi connectivity index (χ1) is 11.3. The molecule has 1 aromatic carbocycles. The summed E-state index contributed by atoms with van der Waals surface area (Å²) in [5, 5.41) is 0. The third-order valence-corrected chi connectivity index (χ3v) is 6.24. The van der Waals surface area contributed by atoms with Crippen LogP contribution in [0.5, 0.6) is 0 Å². The second-order valence-electron chi connectivity index (χ2n) is 7.53. The Morgan fingerprint density at radius 1 is 1.00 bits per heavy atom. The fourth-order valence-corrected chi connectivity index (χ4v) is 5.00. The van der Waals surface area contributed by atoms with Crippen molar-refractivity contribution in [2.75, 3.05) is 6.54 Å². The highest BCUT2D eigenvalue weighted by Crippen LogP contribution is 2.44. The minimum atomic E-state index is -0.384. The van der Waals surface area contributed by atoms with Gasteiger partial charge in [0.1, 0.15) is 5.60 Å². The van der Waals surface area contributed by atoms with E-state index in [1.54, 1.807) is 0 Å². The summed E-state index contributed by atoms with van der Waals surface area (Å²) in [7, 11) is 0. The Bertz CT molecular complexity index is 550. The van der Waals surface area contributed by atoms with E-state index in [0.29, 0.717) is 12.0 Å². The fraction of sp³-hybridized carbons (Fsp3) is 0.650. The van der Waals surface area contributed by atoms with Gasteiger partial charge in [0, 0.05) is 12.6 Å². The first-order valence-electron chi connectivity index (χ1n) is 9.34. The molecule has 3 nitrogen and oxygen atoms in total.